The predicted octanol–water partition coefficient (Wildman–Crippen LogP) is 4.52. The molecule has 5 rings (SSSR count). The minimum atomic E-state index is -5.08. The Bertz CT molecular complexity index is 1360. The number of carbonyl (C=O) groups excluding carboxylic acids is 1. The molecule has 3 aromatic heterocycles. The number of carboxylic acids is 1. The van der Waals surface area contributed by atoms with Crippen LogP contribution in [-0.2, 0) is 4.79 Å². The lowest BCUT2D eigenvalue weighted by atomic mass is 9.95. The van der Waals surface area contributed by atoms with Gasteiger partial charge in [-0.15, -0.1) is 0 Å². The zero-order valence-electron chi connectivity index (χ0n) is 18.7. The van der Waals surface area contributed by atoms with E-state index >= 15 is 0 Å². The molecule has 2 N–H and O–H groups in total. The van der Waals surface area contributed by atoms with E-state index in [0.29, 0.717) is 18.7 Å². The highest BCUT2D eigenvalue weighted by atomic mass is 19.4. The SMILES string of the molecule is O=C(O)C(F)(F)F.O=C(c1ccn2nccc2c1)N1CCC(c2ncc(-c3ccc(F)cc3)[nH]2)CC1. The van der Waals surface area contributed by atoms with Gasteiger partial charge in [-0.05, 0) is 60.9 Å². The molecule has 8 nitrogen and oxygen atoms in total. The number of imidazole rings is 1. The van der Waals surface area contributed by atoms with Crippen molar-refractivity contribution in [3.8, 4) is 11.3 Å². The molecule has 12 heteroatoms. The van der Waals surface area contributed by atoms with Crippen LogP contribution in [0, 0.1) is 5.82 Å². The first-order valence-electron chi connectivity index (χ1n) is 11.0. The first kappa shape index (κ1) is 24.9. The molecule has 4 heterocycles. The molecule has 4 aromatic rings. The van der Waals surface area contributed by atoms with Crippen LogP contribution in [-0.4, -0.2) is 60.7 Å². The fourth-order valence-corrected chi connectivity index (χ4v) is 3.91. The van der Waals surface area contributed by atoms with Crippen LogP contribution in [0.15, 0.2) is 61.1 Å². The largest absolute Gasteiger partial charge is 0.490 e. The number of aromatic amines is 1. The molecule has 0 bridgehead atoms. The van der Waals surface area contributed by atoms with Crippen LogP contribution in [0.25, 0.3) is 16.8 Å². The molecular formula is C24H21F4N5O3. The molecule has 0 saturated carbocycles. The van der Waals surface area contributed by atoms with E-state index in [4.69, 9.17) is 9.90 Å². The number of halogens is 4. The van der Waals surface area contributed by atoms with Gasteiger partial charge in [0, 0.05) is 37.0 Å². The van der Waals surface area contributed by atoms with Gasteiger partial charge in [0.1, 0.15) is 11.6 Å². The summed E-state index contributed by atoms with van der Waals surface area (Å²) in [6, 6.07) is 12.0. The minimum absolute atomic E-state index is 0.0543. The number of alkyl halides is 3. The smallest absolute Gasteiger partial charge is 0.475 e. The Morgan fingerprint density at radius 3 is 2.36 bits per heavy atom. The van der Waals surface area contributed by atoms with Crippen LogP contribution in [0.3, 0.4) is 0 Å². The lowest BCUT2D eigenvalue weighted by Crippen LogP contribution is -2.38. The number of H-pyrrole nitrogens is 1. The summed E-state index contributed by atoms with van der Waals surface area (Å²) in [5.41, 5.74) is 3.39. The number of pyridine rings is 1. The quantitative estimate of drug-likeness (QED) is 0.400. The van der Waals surface area contributed by atoms with E-state index in [2.05, 4.69) is 15.1 Å². The highest BCUT2D eigenvalue weighted by molar-refractivity contribution is 5.95. The Hall–Kier alpha value is -4.22. The Balaban J connectivity index is 0.000000384. The summed E-state index contributed by atoms with van der Waals surface area (Å²) < 4.78 is 46.6. The number of likely N-dealkylation sites (tertiary alicyclic amines) is 1. The van der Waals surface area contributed by atoms with Gasteiger partial charge in [-0.1, -0.05) is 0 Å². The second-order valence-corrected chi connectivity index (χ2v) is 8.17. The Morgan fingerprint density at radius 2 is 1.72 bits per heavy atom. The van der Waals surface area contributed by atoms with Crippen LogP contribution in [0.5, 0.6) is 0 Å². The van der Waals surface area contributed by atoms with Crippen molar-refractivity contribution in [3.05, 3.63) is 78.3 Å². The van der Waals surface area contributed by atoms with E-state index in [1.54, 1.807) is 29.0 Å². The summed E-state index contributed by atoms with van der Waals surface area (Å²) >= 11 is 0. The van der Waals surface area contributed by atoms with E-state index in [9.17, 15) is 22.4 Å². The molecular weight excluding hydrogens is 482 g/mol. The van der Waals surface area contributed by atoms with E-state index < -0.39 is 12.1 Å². The Kier molecular flexibility index (Phi) is 7.04. The molecule has 0 spiro atoms. The molecule has 188 valence electrons. The van der Waals surface area contributed by atoms with Gasteiger partial charge in [-0.25, -0.2) is 18.7 Å². The van der Waals surface area contributed by atoms with Gasteiger partial charge in [0.25, 0.3) is 5.91 Å². The number of carbonyl (C=O) groups is 2. The molecule has 0 radical (unpaired) electrons. The molecule has 1 amide bonds. The first-order chi connectivity index (χ1) is 17.1. The van der Waals surface area contributed by atoms with Crippen LogP contribution in [0.2, 0.25) is 0 Å². The molecule has 0 atom stereocenters. The van der Waals surface area contributed by atoms with Crippen LogP contribution >= 0.6 is 0 Å². The summed E-state index contributed by atoms with van der Waals surface area (Å²) in [5, 5.41) is 11.3. The zero-order valence-corrected chi connectivity index (χ0v) is 18.7. The highest BCUT2D eigenvalue weighted by Crippen LogP contribution is 2.29. The molecule has 0 aliphatic carbocycles. The van der Waals surface area contributed by atoms with Gasteiger partial charge < -0.3 is 15.0 Å². The number of piperidine rings is 1. The number of aromatic nitrogens is 4. The number of hydrogen-bond acceptors (Lipinski definition) is 4. The third-order valence-electron chi connectivity index (χ3n) is 5.81. The summed E-state index contributed by atoms with van der Waals surface area (Å²) in [7, 11) is 0. The Morgan fingerprint density at radius 1 is 1.06 bits per heavy atom. The fraction of sp³-hybridized carbons (Fsp3) is 0.250. The molecule has 1 saturated heterocycles. The Labute approximate surface area is 202 Å². The van der Waals surface area contributed by atoms with Crippen molar-refractivity contribution in [2.75, 3.05) is 13.1 Å². The lowest BCUT2D eigenvalue weighted by molar-refractivity contribution is -0.192. The van der Waals surface area contributed by atoms with Gasteiger partial charge in [-0.2, -0.15) is 18.3 Å². The van der Waals surface area contributed by atoms with Crippen molar-refractivity contribution in [1.29, 1.82) is 0 Å². The first-order valence-corrected chi connectivity index (χ1v) is 11.0. The van der Waals surface area contributed by atoms with Crippen LogP contribution in [0.1, 0.15) is 34.9 Å². The van der Waals surface area contributed by atoms with E-state index in [1.165, 1.54) is 12.1 Å². The summed E-state index contributed by atoms with van der Waals surface area (Å²) in [4.78, 5) is 31.6. The lowest BCUT2D eigenvalue weighted by Gasteiger charge is -2.31. The normalized spacial score (nSPS) is 14.4. The average molecular weight is 503 g/mol. The number of benzene rings is 1. The summed E-state index contributed by atoms with van der Waals surface area (Å²) in [6.45, 7) is 1.39. The second-order valence-electron chi connectivity index (χ2n) is 8.17. The van der Waals surface area contributed by atoms with Gasteiger partial charge in [0.15, 0.2) is 0 Å². The maximum atomic E-state index is 13.1. The van der Waals surface area contributed by atoms with Gasteiger partial charge in [0.2, 0.25) is 0 Å². The third-order valence-corrected chi connectivity index (χ3v) is 5.81. The van der Waals surface area contributed by atoms with E-state index in [1.807, 2.05) is 29.3 Å². The number of hydrogen-bond donors (Lipinski definition) is 2. The van der Waals surface area contributed by atoms with Crippen molar-refractivity contribution in [3.63, 3.8) is 0 Å². The van der Waals surface area contributed by atoms with Crippen molar-refractivity contribution in [2.45, 2.75) is 24.9 Å². The second kappa shape index (κ2) is 10.2. The maximum Gasteiger partial charge on any atom is 0.490 e. The topological polar surface area (TPSA) is 104 Å². The van der Waals surface area contributed by atoms with Crippen molar-refractivity contribution >= 4 is 17.4 Å². The summed E-state index contributed by atoms with van der Waals surface area (Å²) in [5.74, 6) is -1.74. The predicted molar refractivity (Wildman–Crippen MR) is 121 cm³/mol. The number of amides is 1. The molecule has 1 fully saturated rings. The van der Waals surface area contributed by atoms with Crippen LogP contribution in [0.4, 0.5) is 17.6 Å². The monoisotopic (exact) mass is 503 g/mol. The third kappa shape index (κ3) is 5.70. The zero-order chi connectivity index (χ0) is 25.9. The minimum Gasteiger partial charge on any atom is -0.475 e. The van der Waals surface area contributed by atoms with Crippen LogP contribution < -0.4 is 0 Å². The highest BCUT2D eigenvalue weighted by Gasteiger charge is 2.38. The molecule has 0 unspecified atom stereocenters. The molecule has 1 aromatic carbocycles. The van der Waals surface area contributed by atoms with Gasteiger partial charge >= 0.3 is 12.1 Å². The fourth-order valence-electron chi connectivity index (χ4n) is 3.91. The maximum absolute atomic E-state index is 13.1. The number of fused-ring (bicyclic) bond motifs is 1. The molecule has 36 heavy (non-hydrogen) atoms. The molecule has 1 aliphatic heterocycles. The summed E-state index contributed by atoms with van der Waals surface area (Å²) in [6.07, 6.45) is 1.96. The van der Waals surface area contributed by atoms with Gasteiger partial charge in [-0.3, -0.25) is 4.79 Å². The van der Waals surface area contributed by atoms with E-state index in [0.717, 1.165) is 35.4 Å². The number of nitrogens with one attached hydrogen (secondary N) is 1. The van der Waals surface area contributed by atoms with Crippen molar-refractivity contribution in [1.82, 2.24) is 24.5 Å². The number of carboxylic acid groups (broad SMARTS) is 1. The molecule has 1 aliphatic rings. The van der Waals surface area contributed by atoms with Crippen molar-refractivity contribution < 1.29 is 32.3 Å². The average Bonchev–Trinajstić information content (AvgIpc) is 3.53. The van der Waals surface area contributed by atoms with Gasteiger partial charge in [0.05, 0.1) is 17.4 Å². The number of rotatable bonds is 3. The van der Waals surface area contributed by atoms with E-state index in [-0.39, 0.29) is 17.6 Å². The number of aliphatic carboxylic acids is 1. The standard InChI is InChI=1S/C22H20FN5O.C2HF3O2/c23-18-3-1-15(2-4-18)20-14-24-21(26-20)16-6-10-27(11-7-16)22(29)17-8-12-28-19(13-17)5-9-25-28;3-2(4,5)1(6)7/h1-5,8-9,12-14,16H,6-7,10-11H2,(H,24,26);(H,6,7). The van der Waals surface area contributed by atoms with Crippen molar-refractivity contribution in [2.24, 2.45) is 0 Å². The number of nitrogens with zero attached hydrogens (tertiary/aromatic N) is 4.